The maximum absolute atomic E-state index is 6.09. The van der Waals surface area contributed by atoms with E-state index in [0.29, 0.717) is 39.6 Å². The summed E-state index contributed by atoms with van der Waals surface area (Å²) in [5, 5.41) is 0. The monoisotopic (exact) mass is 394 g/mol. The van der Waals surface area contributed by atoms with E-state index in [1.54, 1.807) is 14.2 Å². The Hall–Kier alpha value is -0.0631. The van der Waals surface area contributed by atoms with Gasteiger partial charge in [0.05, 0.1) is 13.2 Å². The summed E-state index contributed by atoms with van der Waals surface area (Å²) >= 11 is 0. The van der Waals surface area contributed by atoms with E-state index in [1.807, 2.05) is 27.7 Å². The summed E-state index contributed by atoms with van der Waals surface area (Å²) in [5.41, 5.74) is 0. The first-order valence-corrected chi connectivity index (χ1v) is 11.6. The Morgan fingerprint density at radius 2 is 1.35 bits per heavy atom. The van der Waals surface area contributed by atoms with Gasteiger partial charge in [0.25, 0.3) is 0 Å². The Morgan fingerprint density at radius 3 is 1.73 bits per heavy atom. The molecule has 8 heteroatoms. The molecule has 0 saturated heterocycles. The van der Waals surface area contributed by atoms with Crippen LogP contribution in [0.15, 0.2) is 0 Å². The molecule has 0 amide bonds. The van der Waals surface area contributed by atoms with E-state index < -0.39 is 8.80 Å². The first kappa shape index (κ1) is 25.9. The molecule has 0 bridgehead atoms. The Balaban J connectivity index is 4.54. The van der Waals surface area contributed by atoms with E-state index in [-0.39, 0.29) is 6.23 Å². The minimum Gasteiger partial charge on any atom is -0.383 e. The molecule has 0 aliphatic rings. The van der Waals surface area contributed by atoms with Crippen LogP contribution in [-0.2, 0) is 27.5 Å². The lowest BCUT2D eigenvalue weighted by molar-refractivity contribution is -0.0540. The maximum Gasteiger partial charge on any atom is 0.501 e. The highest BCUT2D eigenvalue weighted by atomic mass is 28.4. The standard InChI is InChI=1S/C18H40NO6Si/c1-7-18(19(12-15-20-5)13-16-21-6)22-14-11-17-26(23-8-2,24-9-3)25-10-4/h7,18H,8-17H2,1-6H3. The third-order valence-electron chi connectivity index (χ3n) is 3.82. The summed E-state index contributed by atoms with van der Waals surface area (Å²) in [6, 6.07) is 0.759. The third-order valence-corrected chi connectivity index (χ3v) is 6.97. The molecule has 0 aromatic heterocycles. The highest BCUT2D eigenvalue weighted by Gasteiger charge is 2.39. The molecule has 0 heterocycles. The largest absolute Gasteiger partial charge is 0.501 e. The quantitative estimate of drug-likeness (QED) is 0.190. The fourth-order valence-corrected chi connectivity index (χ4v) is 5.27. The van der Waals surface area contributed by atoms with Crippen molar-refractivity contribution in [3.8, 4) is 0 Å². The Morgan fingerprint density at radius 1 is 0.846 bits per heavy atom. The first-order chi connectivity index (χ1) is 12.6. The Bertz CT molecular complexity index is 286. The van der Waals surface area contributed by atoms with Crippen LogP contribution in [0.25, 0.3) is 0 Å². The minimum atomic E-state index is -2.59. The number of hydrogen-bond donors (Lipinski definition) is 0. The average molecular weight is 395 g/mol. The molecular weight excluding hydrogens is 354 g/mol. The van der Waals surface area contributed by atoms with Crippen molar-refractivity contribution in [2.45, 2.75) is 46.4 Å². The minimum absolute atomic E-state index is 0.0670. The van der Waals surface area contributed by atoms with Crippen LogP contribution in [0.3, 0.4) is 0 Å². The van der Waals surface area contributed by atoms with Crippen LogP contribution in [-0.4, -0.2) is 86.9 Å². The SMILES string of the molecule is C[CH]C(OCCC[Si](OCC)(OCC)OCC)N(CCOC)CCOC. The Kier molecular flexibility index (Phi) is 17.0. The van der Waals surface area contributed by atoms with Crippen molar-refractivity contribution < 1.29 is 27.5 Å². The molecular formula is C18H40NO6Si. The van der Waals surface area contributed by atoms with Gasteiger partial charge in [0.15, 0.2) is 0 Å². The summed E-state index contributed by atoms with van der Waals surface area (Å²) in [7, 11) is 0.825. The summed E-state index contributed by atoms with van der Waals surface area (Å²) < 4.78 is 34.2. The fraction of sp³-hybridized carbons (Fsp3) is 0.944. The molecule has 26 heavy (non-hydrogen) atoms. The lowest BCUT2D eigenvalue weighted by atomic mass is 10.3. The van der Waals surface area contributed by atoms with Crippen LogP contribution in [0.1, 0.15) is 34.1 Å². The smallest absolute Gasteiger partial charge is 0.383 e. The van der Waals surface area contributed by atoms with Gasteiger partial charge >= 0.3 is 8.80 Å². The summed E-state index contributed by atoms with van der Waals surface area (Å²) in [5.74, 6) is 0. The van der Waals surface area contributed by atoms with Gasteiger partial charge in [0.1, 0.15) is 6.23 Å². The molecule has 0 aliphatic carbocycles. The van der Waals surface area contributed by atoms with Crippen molar-refractivity contribution in [3.05, 3.63) is 6.42 Å². The van der Waals surface area contributed by atoms with Gasteiger partial charge in [0, 0.05) is 66.2 Å². The molecule has 0 rings (SSSR count). The normalized spacial score (nSPS) is 13.5. The van der Waals surface area contributed by atoms with Gasteiger partial charge in [-0.1, -0.05) is 6.92 Å². The van der Waals surface area contributed by atoms with Crippen molar-refractivity contribution in [3.63, 3.8) is 0 Å². The number of nitrogens with zero attached hydrogens (tertiary/aromatic N) is 1. The number of ether oxygens (including phenoxy) is 3. The Labute approximate surface area is 161 Å². The third kappa shape index (κ3) is 10.9. The van der Waals surface area contributed by atoms with Crippen LogP contribution in [0.2, 0.25) is 6.04 Å². The van der Waals surface area contributed by atoms with Crippen LogP contribution >= 0.6 is 0 Å². The molecule has 0 aliphatic heterocycles. The predicted octanol–water partition coefficient (Wildman–Crippen LogP) is 2.59. The van der Waals surface area contributed by atoms with E-state index >= 15 is 0 Å². The molecule has 0 spiro atoms. The summed E-state index contributed by atoms with van der Waals surface area (Å²) in [6.07, 6.45) is 2.82. The average Bonchev–Trinajstić information content (AvgIpc) is 2.63. The van der Waals surface area contributed by atoms with Crippen molar-refractivity contribution in [2.75, 3.05) is 67.0 Å². The molecule has 157 valence electrons. The van der Waals surface area contributed by atoms with Gasteiger partial charge < -0.3 is 27.5 Å². The lowest BCUT2D eigenvalue weighted by Gasteiger charge is -2.31. The van der Waals surface area contributed by atoms with E-state index in [4.69, 9.17) is 27.5 Å². The van der Waals surface area contributed by atoms with Crippen LogP contribution in [0.5, 0.6) is 0 Å². The number of rotatable bonds is 19. The summed E-state index contributed by atoms with van der Waals surface area (Å²) in [6.45, 7) is 13.3. The molecule has 0 aromatic rings. The zero-order chi connectivity index (χ0) is 19.7. The van der Waals surface area contributed by atoms with Crippen LogP contribution < -0.4 is 0 Å². The topological polar surface area (TPSA) is 58.6 Å². The van der Waals surface area contributed by atoms with Crippen molar-refractivity contribution >= 4 is 8.80 Å². The molecule has 0 saturated carbocycles. The fourth-order valence-electron chi connectivity index (χ4n) is 2.69. The number of hydrogen-bond acceptors (Lipinski definition) is 7. The van der Waals surface area contributed by atoms with Crippen molar-refractivity contribution in [1.29, 1.82) is 0 Å². The van der Waals surface area contributed by atoms with Gasteiger partial charge in [-0.05, 0) is 27.2 Å². The molecule has 7 nitrogen and oxygen atoms in total. The highest BCUT2D eigenvalue weighted by Crippen LogP contribution is 2.19. The van der Waals surface area contributed by atoms with Crippen LogP contribution in [0.4, 0.5) is 0 Å². The van der Waals surface area contributed by atoms with E-state index in [2.05, 4.69) is 11.3 Å². The molecule has 1 radical (unpaired) electrons. The van der Waals surface area contributed by atoms with E-state index in [9.17, 15) is 0 Å². The number of methoxy groups -OCH3 is 2. The maximum atomic E-state index is 6.09. The van der Waals surface area contributed by atoms with Gasteiger partial charge in [-0.25, -0.2) is 0 Å². The summed E-state index contributed by atoms with van der Waals surface area (Å²) in [4.78, 5) is 2.21. The predicted molar refractivity (Wildman–Crippen MR) is 105 cm³/mol. The van der Waals surface area contributed by atoms with Gasteiger partial charge in [-0.3, -0.25) is 4.90 Å². The van der Waals surface area contributed by atoms with Crippen LogP contribution in [0, 0.1) is 6.42 Å². The first-order valence-electron chi connectivity index (χ1n) is 9.67. The van der Waals surface area contributed by atoms with Gasteiger partial charge in [0.2, 0.25) is 0 Å². The van der Waals surface area contributed by atoms with Gasteiger partial charge in [-0.15, -0.1) is 0 Å². The second-order valence-electron chi connectivity index (χ2n) is 5.70. The molecule has 0 aromatic carbocycles. The molecule has 1 unspecified atom stereocenters. The van der Waals surface area contributed by atoms with Crippen molar-refractivity contribution in [1.82, 2.24) is 4.90 Å². The van der Waals surface area contributed by atoms with E-state index in [0.717, 1.165) is 25.6 Å². The molecule has 0 N–H and O–H groups in total. The molecule has 0 fully saturated rings. The second-order valence-corrected chi connectivity index (χ2v) is 8.43. The highest BCUT2D eigenvalue weighted by molar-refractivity contribution is 6.60. The van der Waals surface area contributed by atoms with Crippen molar-refractivity contribution in [2.24, 2.45) is 0 Å². The zero-order valence-electron chi connectivity index (χ0n) is 17.6. The molecule has 1 atom stereocenters. The zero-order valence-corrected chi connectivity index (χ0v) is 18.6. The second kappa shape index (κ2) is 17.1. The van der Waals surface area contributed by atoms with Gasteiger partial charge in [-0.2, -0.15) is 0 Å². The lowest BCUT2D eigenvalue weighted by Crippen LogP contribution is -2.46. The van der Waals surface area contributed by atoms with E-state index in [1.165, 1.54) is 0 Å².